The van der Waals surface area contributed by atoms with Crippen LogP contribution in [0.15, 0.2) is 90.9 Å². The summed E-state index contributed by atoms with van der Waals surface area (Å²) in [6.07, 6.45) is 9.72. The molecule has 2 N–H and O–H groups in total. The highest BCUT2D eigenvalue weighted by molar-refractivity contribution is 5.82. The Morgan fingerprint density at radius 2 is 1.90 bits per heavy atom. The summed E-state index contributed by atoms with van der Waals surface area (Å²) in [7, 11) is 1.52. The minimum Gasteiger partial charge on any atom is -0.493 e. The zero-order chi connectivity index (χ0) is 27.9. The first-order valence-electron chi connectivity index (χ1n) is 12.8. The van der Waals surface area contributed by atoms with Crippen molar-refractivity contribution >= 4 is 24.2 Å². The summed E-state index contributed by atoms with van der Waals surface area (Å²) in [5.41, 5.74) is 4.56. The molecule has 2 aromatic carbocycles. The number of hydrogen-bond acceptors (Lipinski definition) is 7. The lowest BCUT2D eigenvalue weighted by Crippen LogP contribution is -2.35. The Morgan fingerprint density at radius 3 is 2.56 bits per heavy atom. The van der Waals surface area contributed by atoms with Crippen LogP contribution in [0.4, 0.5) is 5.69 Å². The van der Waals surface area contributed by atoms with E-state index in [2.05, 4.69) is 12.1 Å². The maximum atomic E-state index is 12.4. The van der Waals surface area contributed by atoms with Crippen molar-refractivity contribution in [3.05, 3.63) is 96.5 Å². The Kier molecular flexibility index (Phi) is 11.8. The third-order valence-electron chi connectivity index (χ3n) is 6.24. The molecule has 9 heteroatoms. The Balaban J connectivity index is 1.47. The number of ether oxygens (including phenoxy) is 2. The van der Waals surface area contributed by atoms with Gasteiger partial charge in [-0.15, -0.1) is 5.48 Å². The van der Waals surface area contributed by atoms with Gasteiger partial charge in [-0.25, -0.2) is 0 Å². The van der Waals surface area contributed by atoms with Crippen molar-refractivity contribution in [1.82, 2.24) is 10.4 Å². The monoisotopic (exact) mass is 532 g/mol. The number of carbonyl (C=O) groups excluding carboxylic acids is 2. The molecule has 206 valence electrons. The molecule has 9 nitrogen and oxygen atoms in total. The highest BCUT2D eigenvalue weighted by Gasteiger charge is 2.25. The predicted octanol–water partition coefficient (Wildman–Crippen LogP) is 4.73. The first kappa shape index (κ1) is 29.2. The van der Waals surface area contributed by atoms with Gasteiger partial charge >= 0.3 is 0 Å². The Bertz CT molecular complexity index is 1150. The van der Waals surface area contributed by atoms with Gasteiger partial charge < -0.3 is 29.5 Å². The van der Waals surface area contributed by atoms with E-state index >= 15 is 0 Å². The molecule has 0 aliphatic carbocycles. The largest absolute Gasteiger partial charge is 0.493 e. The topological polar surface area (TPSA) is 104 Å². The Labute approximate surface area is 229 Å². The van der Waals surface area contributed by atoms with E-state index in [1.807, 2.05) is 48.5 Å². The lowest BCUT2D eigenvalue weighted by molar-refractivity contribution is -0.130. The van der Waals surface area contributed by atoms with E-state index in [1.165, 1.54) is 13.3 Å². The van der Waals surface area contributed by atoms with Crippen LogP contribution in [-0.4, -0.2) is 49.9 Å². The van der Waals surface area contributed by atoms with Crippen molar-refractivity contribution in [1.29, 1.82) is 5.41 Å². The standard InChI is InChI=1S/C30H36N4O5/c1-3-28(37-2)29(13-7-8-14-30(36)34-19-9-12-26(34)20-31)39-32-22-38-27-17-15-25(16-18-27)33(23-35)21-24-10-5-4-6-11-24/h3-8,10-11,15-18,20,23,26,31-32H,1,9,12-14,19,21-22H2,2H3/b8-7-,29-28-,31-20?. The van der Waals surface area contributed by atoms with Crippen LogP contribution in [0.1, 0.15) is 31.2 Å². The maximum absolute atomic E-state index is 12.4. The van der Waals surface area contributed by atoms with Gasteiger partial charge in [0.1, 0.15) is 5.75 Å². The number of benzene rings is 2. The van der Waals surface area contributed by atoms with E-state index in [4.69, 9.17) is 19.7 Å². The van der Waals surface area contributed by atoms with E-state index in [0.29, 0.717) is 36.8 Å². The molecule has 0 saturated carbocycles. The Hall–Kier alpha value is -4.37. The molecule has 0 radical (unpaired) electrons. The molecular formula is C30H36N4O5. The predicted molar refractivity (Wildman–Crippen MR) is 151 cm³/mol. The van der Waals surface area contributed by atoms with Crippen LogP contribution in [0.5, 0.6) is 5.75 Å². The van der Waals surface area contributed by atoms with Crippen molar-refractivity contribution in [2.45, 2.75) is 38.3 Å². The summed E-state index contributed by atoms with van der Waals surface area (Å²) in [4.78, 5) is 33.1. The van der Waals surface area contributed by atoms with Crippen molar-refractivity contribution in [2.24, 2.45) is 0 Å². The first-order valence-corrected chi connectivity index (χ1v) is 12.8. The first-order chi connectivity index (χ1) is 19.1. The fourth-order valence-electron chi connectivity index (χ4n) is 4.20. The van der Waals surface area contributed by atoms with E-state index in [-0.39, 0.29) is 25.1 Å². The zero-order valence-electron chi connectivity index (χ0n) is 22.3. The summed E-state index contributed by atoms with van der Waals surface area (Å²) in [6.45, 7) is 4.98. The molecule has 39 heavy (non-hydrogen) atoms. The molecule has 0 bridgehead atoms. The summed E-state index contributed by atoms with van der Waals surface area (Å²) in [6, 6.07) is 16.9. The third-order valence-corrected chi connectivity index (χ3v) is 6.24. The minimum absolute atomic E-state index is 0.00764. The lowest BCUT2D eigenvalue weighted by Gasteiger charge is -2.20. The van der Waals surface area contributed by atoms with Crippen molar-refractivity contribution in [3.8, 4) is 5.75 Å². The molecular weight excluding hydrogens is 496 g/mol. The van der Waals surface area contributed by atoms with E-state index in [1.54, 1.807) is 34.1 Å². The van der Waals surface area contributed by atoms with Crippen LogP contribution >= 0.6 is 0 Å². The van der Waals surface area contributed by atoms with Crippen molar-refractivity contribution < 1.29 is 23.9 Å². The lowest BCUT2D eigenvalue weighted by atomic mass is 10.2. The SMILES string of the molecule is C=C/C(OC)=C(\C/C=C\CC(=O)N1CCCC1C=N)ONCOc1ccc(N(C=O)Cc2ccccc2)cc1. The highest BCUT2D eigenvalue weighted by Crippen LogP contribution is 2.21. The van der Waals surface area contributed by atoms with Crippen LogP contribution in [0.25, 0.3) is 0 Å². The van der Waals surface area contributed by atoms with Gasteiger partial charge in [0.05, 0.1) is 19.7 Å². The second-order valence-corrected chi connectivity index (χ2v) is 8.79. The second-order valence-electron chi connectivity index (χ2n) is 8.79. The molecule has 1 atom stereocenters. The number of nitrogens with one attached hydrogen (secondary N) is 2. The number of hydrogen-bond donors (Lipinski definition) is 2. The van der Waals surface area contributed by atoms with Crippen LogP contribution in [0.2, 0.25) is 0 Å². The molecule has 1 unspecified atom stereocenters. The fourth-order valence-corrected chi connectivity index (χ4v) is 4.20. The average molecular weight is 533 g/mol. The summed E-state index contributed by atoms with van der Waals surface area (Å²) >= 11 is 0. The minimum atomic E-state index is -0.0933. The van der Waals surface area contributed by atoms with E-state index < -0.39 is 0 Å². The van der Waals surface area contributed by atoms with E-state index in [9.17, 15) is 9.59 Å². The molecule has 3 rings (SSSR count). The number of carbonyl (C=O) groups is 2. The summed E-state index contributed by atoms with van der Waals surface area (Å²) in [5, 5.41) is 7.48. The van der Waals surface area contributed by atoms with Crippen molar-refractivity contribution in [3.63, 3.8) is 0 Å². The number of likely N-dealkylation sites (tertiary alicyclic amines) is 1. The molecule has 0 aromatic heterocycles. The van der Waals surface area contributed by atoms with Gasteiger partial charge in [0.2, 0.25) is 12.3 Å². The molecule has 2 amide bonds. The molecule has 1 aliphatic heterocycles. The van der Waals surface area contributed by atoms with Crippen LogP contribution in [0, 0.1) is 5.41 Å². The molecule has 1 aliphatic rings. The smallest absolute Gasteiger partial charge is 0.226 e. The van der Waals surface area contributed by atoms with E-state index in [0.717, 1.165) is 30.5 Å². The quantitative estimate of drug-likeness (QED) is 0.0474. The molecule has 1 heterocycles. The van der Waals surface area contributed by atoms with Crippen LogP contribution in [0.3, 0.4) is 0 Å². The number of anilines is 1. The number of rotatable bonds is 16. The van der Waals surface area contributed by atoms with Gasteiger partial charge in [0.15, 0.2) is 18.2 Å². The normalized spacial score (nSPS) is 15.4. The highest BCUT2D eigenvalue weighted by atomic mass is 16.7. The van der Waals surface area contributed by atoms with Crippen LogP contribution in [-0.2, 0) is 25.7 Å². The molecule has 1 fully saturated rings. The van der Waals surface area contributed by atoms with Gasteiger partial charge in [-0.1, -0.05) is 49.1 Å². The number of amides is 2. The number of methoxy groups -OCH3 is 1. The maximum Gasteiger partial charge on any atom is 0.226 e. The van der Waals surface area contributed by atoms with Gasteiger partial charge in [-0.3, -0.25) is 9.59 Å². The van der Waals surface area contributed by atoms with Gasteiger partial charge in [0.25, 0.3) is 0 Å². The number of nitrogens with zero attached hydrogens (tertiary/aromatic N) is 2. The zero-order valence-corrected chi connectivity index (χ0v) is 22.3. The fraction of sp³-hybridized carbons (Fsp3) is 0.300. The molecule has 0 spiro atoms. The summed E-state index contributed by atoms with van der Waals surface area (Å²) in [5.74, 6) is 1.55. The number of allylic oxidation sites excluding steroid dienone is 2. The Morgan fingerprint density at radius 1 is 1.15 bits per heavy atom. The summed E-state index contributed by atoms with van der Waals surface area (Å²) < 4.78 is 11.0. The molecule has 1 saturated heterocycles. The number of hydroxylamine groups is 1. The van der Waals surface area contributed by atoms with Crippen LogP contribution < -0.4 is 15.1 Å². The average Bonchev–Trinajstić information content (AvgIpc) is 3.46. The third kappa shape index (κ3) is 8.86. The molecule has 2 aromatic rings. The van der Waals surface area contributed by atoms with Gasteiger partial charge in [-0.05, 0) is 48.7 Å². The second kappa shape index (κ2) is 15.8. The van der Waals surface area contributed by atoms with Gasteiger partial charge in [-0.2, -0.15) is 0 Å². The van der Waals surface area contributed by atoms with Crippen molar-refractivity contribution in [2.75, 3.05) is 25.3 Å². The van der Waals surface area contributed by atoms with Gasteiger partial charge in [0, 0.05) is 31.3 Å².